The summed E-state index contributed by atoms with van der Waals surface area (Å²) in [5, 5.41) is 25.2. The summed E-state index contributed by atoms with van der Waals surface area (Å²) in [6.07, 6.45) is 12.3. The number of nitro groups is 1. The average Bonchev–Trinajstić information content (AvgIpc) is 3.25. The summed E-state index contributed by atoms with van der Waals surface area (Å²) in [4.78, 5) is 28.3. The van der Waals surface area contributed by atoms with Gasteiger partial charge in [0.2, 0.25) is 17.7 Å². The summed E-state index contributed by atoms with van der Waals surface area (Å²) in [5.74, 6) is 5.67. The van der Waals surface area contributed by atoms with Crippen LogP contribution >= 0.6 is 27.5 Å². The third-order valence-corrected chi connectivity index (χ3v) is 11.7. The van der Waals surface area contributed by atoms with Crippen molar-refractivity contribution < 1.29 is 14.4 Å². The molecule has 0 bridgehead atoms. The van der Waals surface area contributed by atoms with Crippen molar-refractivity contribution in [3.63, 3.8) is 0 Å². The van der Waals surface area contributed by atoms with E-state index >= 15 is 0 Å². The van der Waals surface area contributed by atoms with Gasteiger partial charge in [0.25, 0.3) is 0 Å². The van der Waals surface area contributed by atoms with E-state index < -0.39 is 4.92 Å². The molecule has 0 radical (unpaired) electrons. The fourth-order valence-electron chi connectivity index (χ4n) is 7.21. The van der Waals surface area contributed by atoms with Gasteiger partial charge in [-0.2, -0.15) is 9.97 Å². The van der Waals surface area contributed by atoms with Crippen molar-refractivity contribution in [1.82, 2.24) is 19.9 Å². The Labute approximate surface area is 348 Å². The van der Waals surface area contributed by atoms with Crippen LogP contribution in [0.25, 0.3) is 0 Å². The summed E-state index contributed by atoms with van der Waals surface area (Å²) in [6.45, 7) is 4.03. The van der Waals surface area contributed by atoms with Gasteiger partial charge in [0.1, 0.15) is 23.5 Å². The minimum atomic E-state index is -0.472. The zero-order valence-electron chi connectivity index (χ0n) is 32.7. The number of aromatic nitrogens is 4. The Morgan fingerprint density at radius 3 is 1.79 bits per heavy atom. The smallest absolute Gasteiger partial charge is 0.329 e. The lowest BCUT2D eigenvalue weighted by atomic mass is 9.82. The van der Waals surface area contributed by atoms with Crippen molar-refractivity contribution in [2.24, 2.45) is 35.1 Å². The number of nitrogens with one attached hydrogen (secondary N) is 4. The lowest BCUT2D eigenvalue weighted by molar-refractivity contribution is -0.384. The van der Waals surface area contributed by atoms with Gasteiger partial charge in [0.05, 0.1) is 35.7 Å². The summed E-state index contributed by atoms with van der Waals surface area (Å²) in [7, 11) is 3.17. The number of ether oxygens (including phenoxy) is 2. The number of halogens is 2. The number of benzene rings is 2. The van der Waals surface area contributed by atoms with Crippen LogP contribution in [0.2, 0.25) is 5.02 Å². The number of hydrogen-bond donors (Lipinski definition) is 6. The van der Waals surface area contributed by atoms with E-state index in [1.807, 2.05) is 42.5 Å². The zero-order chi connectivity index (χ0) is 40.6. The molecule has 4 aromatic rings. The molecule has 0 unspecified atom stereocenters. The number of anilines is 4. The van der Waals surface area contributed by atoms with E-state index in [1.54, 1.807) is 20.4 Å². The molecule has 17 heteroatoms. The SMILES string of the molecule is COc1cccc(OC)c1CNc1ncc([N+](=O)[O-])c(NCC2CCC(CN)CC2)n1.NCC1CCC(CNc2nc(NCc3ccccc3Cl)ncc2Br)CC1. The Bertz CT molecular complexity index is 1860. The van der Waals surface area contributed by atoms with Gasteiger partial charge < -0.3 is 42.2 Å². The Morgan fingerprint density at radius 1 is 0.737 bits per heavy atom. The summed E-state index contributed by atoms with van der Waals surface area (Å²) in [5.41, 5.74) is 13.2. The van der Waals surface area contributed by atoms with Crippen LogP contribution in [0.1, 0.15) is 62.5 Å². The average molecular weight is 869 g/mol. The monoisotopic (exact) mass is 867 g/mol. The first-order chi connectivity index (χ1) is 27.7. The highest BCUT2D eigenvalue weighted by Crippen LogP contribution is 2.32. The largest absolute Gasteiger partial charge is 0.496 e. The predicted octanol–water partition coefficient (Wildman–Crippen LogP) is 7.87. The first-order valence-corrected chi connectivity index (χ1v) is 20.7. The van der Waals surface area contributed by atoms with Gasteiger partial charge in [-0.3, -0.25) is 10.1 Å². The van der Waals surface area contributed by atoms with Crippen molar-refractivity contribution in [2.75, 3.05) is 61.7 Å². The number of rotatable bonds is 17. The van der Waals surface area contributed by atoms with Gasteiger partial charge in [-0.15, -0.1) is 0 Å². The Hall–Kier alpha value is -4.51. The van der Waals surface area contributed by atoms with Gasteiger partial charge in [0.15, 0.2) is 0 Å². The second-order valence-electron chi connectivity index (χ2n) is 14.5. The Balaban J connectivity index is 0.000000221. The normalized spacial score (nSPS) is 19.1. The van der Waals surface area contributed by atoms with Crippen molar-refractivity contribution in [1.29, 1.82) is 0 Å². The second kappa shape index (κ2) is 22.4. The first kappa shape index (κ1) is 43.6. The van der Waals surface area contributed by atoms with Crippen molar-refractivity contribution in [3.05, 3.63) is 85.6 Å². The molecule has 8 N–H and O–H groups in total. The molecule has 0 saturated heterocycles. The molecule has 308 valence electrons. The van der Waals surface area contributed by atoms with Gasteiger partial charge >= 0.3 is 5.69 Å². The van der Waals surface area contributed by atoms with Crippen LogP contribution in [0.4, 0.5) is 29.2 Å². The number of nitrogens with two attached hydrogens (primary N) is 2. The molecule has 15 nitrogen and oxygen atoms in total. The third kappa shape index (κ3) is 13.0. The van der Waals surface area contributed by atoms with Crippen molar-refractivity contribution >= 4 is 56.8 Å². The predicted molar refractivity (Wildman–Crippen MR) is 230 cm³/mol. The van der Waals surface area contributed by atoms with E-state index in [0.29, 0.717) is 60.8 Å². The molecule has 57 heavy (non-hydrogen) atoms. The zero-order valence-corrected chi connectivity index (χ0v) is 35.0. The maximum Gasteiger partial charge on any atom is 0.329 e. The Kier molecular flexibility index (Phi) is 17.2. The number of nitrogens with zero attached hydrogens (tertiary/aromatic N) is 5. The van der Waals surface area contributed by atoms with Crippen LogP contribution in [0.15, 0.2) is 59.3 Å². The van der Waals surface area contributed by atoms with Crippen molar-refractivity contribution in [2.45, 2.75) is 64.5 Å². The van der Waals surface area contributed by atoms with Crippen LogP contribution in [0.5, 0.6) is 11.5 Å². The minimum Gasteiger partial charge on any atom is -0.496 e. The summed E-state index contributed by atoms with van der Waals surface area (Å²) in [6, 6.07) is 13.3. The highest BCUT2D eigenvalue weighted by Gasteiger charge is 2.24. The standard InChI is InChI=1S/C21H30N6O4.C19H25BrClN5/c1-30-18-4-3-5-19(31-2)16(18)12-24-21-25-13-17(27(28)29)20(26-21)23-11-15-8-6-14(10-22)7-9-15;20-16-12-25-19(24-11-15-3-1-2-4-17(15)21)26-18(16)23-10-14-7-5-13(9-22)6-8-14/h3-5,13-15H,6-12,22H2,1-2H3,(H2,23,24,25,26);1-4,12-14H,5-11,22H2,(H2,23,24,25,26). The lowest BCUT2D eigenvalue weighted by Gasteiger charge is -2.27. The number of methoxy groups -OCH3 is 2. The van der Waals surface area contributed by atoms with Crippen LogP contribution in [-0.2, 0) is 13.1 Å². The van der Waals surface area contributed by atoms with E-state index in [1.165, 1.54) is 31.9 Å². The molecule has 0 amide bonds. The molecule has 2 aliphatic carbocycles. The Morgan fingerprint density at radius 2 is 1.25 bits per heavy atom. The van der Waals surface area contributed by atoms with Gasteiger partial charge in [0, 0.05) is 30.9 Å². The molecule has 2 aliphatic rings. The fraction of sp³-hybridized carbons (Fsp3) is 0.500. The topological polar surface area (TPSA) is 213 Å². The molecule has 2 aromatic carbocycles. The lowest BCUT2D eigenvalue weighted by Crippen LogP contribution is -2.25. The maximum atomic E-state index is 11.4. The van der Waals surface area contributed by atoms with E-state index in [4.69, 9.17) is 32.5 Å². The second-order valence-corrected chi connectivity index (χ2v) is 15.8. The molecule has 6 rings (SSSR count). The van der Waals surface area contributed by atoms with Crippen molar-refractivity contribution in [3.8, 4) is 11.5 Å². The molecule has 0 spiro atoms. The third-order valence-electron chi connectivity index (χ3n) is 10.8. The molecule has 2 saturated carbocycles. The molecule has 0 atom stereocenters. The number of hydrogen-bond acceptors (Lipinski definition) is 14. The van der Waals surface area contributed by atoms with E-state index in [9.17, 15) is 10.1 Å². The minimum absolute atomic E-state index is 0.143. The summed E-state index contributed by atoms with van der Waals surface area (Å²) < 4.78 is 11.7. The molecule has 2 aromatic heterocycles. The van der Waals surface area contributed by atoms with E-state index in [2.05, 4.69) is 57.1 Å². The first-order valence-electron chi connectivity index (χ1n) is 19.5. The van der Waals surface area contributed by atoms with Crippen LogP contribution in [0, 0.1) is 33.8 Å². The quantitative estimate of drug-likeness (QED) is 0.0440. The van der Waals surface area contributed by atoms with E-state index in [0.717, 1.165) is 71.8 Å². The van der Waals surface area contributed by atoms with Gasteiger partial charge in [-0.25, -0.2) is 9.97 Å². The maximum absolute atomic E-state index is 11.4. The van der Waals surface area contributed by atoms with Crippen LogP contribution in [-0.4, -0.2) is 65.3 Å². The molecular weight excluding hydrogens is 814 g/mol. The summed E-state index contributed by atoms with van der Waals surface area (Å²) >= 11 is 9.73. The molecular formula is C40H55BrClN11O4. The highest BCUT2D eigenvalue weighted by molar-refractivity contribution is 9.10. The molecule has 2 fully saturated rings. The van der Waals surface area contributed by atoms with Gasteiger partial charge in [-0.05, 0) is 128 Å². The van der Waals surface area contributed by atoms with Crippen LogP contribution in [0.3, 0.4) is 0 Å². The van der Waals surface area contributed by atoms with E-state index in [-0.39, 0.29) is 17.5 Å². The molecule has 0 aliphatic heterocycles. The fourth-order valence-corrected chi connectivity index (χ4v) is 7.74. The van der Waals surface area contributed by atoms with Gasteiger partial charge in [-0.1, -0.05) is 35.9 Å². The highest BCUT2D eigenvalue weighted by atomic mass is 79.9. The molecule has 2 heterocycles. The van der Waals surface area contributed by atoms with Crippen LogP contribution < -0.4 is 42.2 Å².